The monoisotopic (exact) mass is 471 g/mol. The molecule has 166 valence electrons. The summed E-state index contributed by atoms with van der Waals surface area (Å²) in [5, 5.41) is 10.3. The number of hydrogen-bond donors (Lipinski definition) is 1. The molecule has 0 unspecified atom stereocenters. The third-order valence-corrected chi connectivity index (χ3v) is 6.07. The van der Waals surface area contributed by atoms with Crippen molar-refractivity contribution in [3.63, 3.8) is 0 Å². The Hall–Kier alpha value is -3.05. The number of halogens is 6. The highest BCUT2D eigenvalue weighted by molar-refractivity contribution is 8.03. The molecule has 2 aliphatic heterocycles. The Morgan fingerprint density at radius 2 is 1.50 bits per heavy atom. The second kappa shape index (κ2) is 7.24. The van der Waals surface area contributed by atoms with Gasteiger partial charge < -0.3 is 5.11 Å². The number of alkyl halides is 6. The van der Waals surface area contributed by atoms with Crippen LogP contribution in [0, 0.1) is 0 Å². The zero-order chi connectivity index (χ0) is 23.5. The van der Waals surface area contributed by atoms with Gasteiger partial charge in [-0.25, -0.2) is 0 Å². The van der Waals surface area contributed by atoms with Crippen LogP contribution in [0.1, 0.15) is 10.4 Å². The van der Waals surface area contributed by atoms with Crippen LogP contribution in [0.5, 0.6) is 0 Å². The van der Waals surface area contributed by atoms with Crippen LogP contribution < -0.4 is 4.90 Å². The molecule has 0 fully saturated rings. The molecule has 2 aromatic carbocycles. The van der Waals surface area contributed by atoms with Crippen molar-refractivity contribution in [2.75, 3.05) is 4.90 Å². The number of anilines is 1. The summed E-state index contributed by atoms with van der Waals surface area (Å²) in [6.07, 6.45) is -11.2. The highest BCUT2D eigenvalue weighted by atomic mass is 32.2. The van der Waals surface area contributed by atoms with Crippen molar-refractivity contribution in [1.82, 2.24) is 0 Å². The van der Waals surface area contributed by atoms with Gasteiger partial charge in [0.15, 0.2) is 5.78 Å². The number of ketones is 2. The molecule has 0 saturated heterocycles. The van der Waals surface area contributed by atoms with Crippen LogP contribution in [0.3, 0.4) is 0 Å². The van der Waals surface area contributed by atoms with E-state index in [1.807, 2.05) is 0 Å². The van der Waals surface area contributed by atoms with Gasteiger partial charge in [0.2, 0.25) is 0 Å². The number of carbonyl (C=O) groups is 2. The second-order valence-electron chi connectivity index (χ2n) is 6.87. The minimum atomic E-state index is -5.73. The van der Waals surface area contributed by atoms with E-state index in [4.69, 9.17) is 0 Å². The Labute approximate surface area is 180 Å². The first-order valence-electron chi connectivity index (χ1n) is 8.91. The first-order chi connectivity index (χ1) is 14.9. The number of carbonyl (C=O) groups excluding carboxylic acids is 2. The van der Waals surface area contributed by atoms with Gasteiger partial charge in [-0.1, -0.05) is 54.2 Å². The lowest BCUT2D eigenvalue weighted by molar-refractivity contribution is -0.244. The van der Waals surface area contributed by atoms with E-state index in [0.29, 0.717) is 11.8 Å². The molecule has 1 N–H and O–H groups in total. The molecule has 2 aliphatic rings. The van der Waals surface area contributed by atoms with E-state index in [9.17, 15) is 41.0 Å². The zero-order valence-corrected chi connectivity index (χ0v) is 16.5. The fraction of sp³-hybridized carbons (Fsp3) is 0.143. The molecule has 0 aromatic heterocycles. The smallest absolute Gasteiger partial charge is 0.359 e. The number of para-hydroxylation sites is 1. The van der Waals surface area contributed by atoms with E-state index in [0.717, 1.165) is 6.07 Å². The Balaban J connectivity index is 2.04. The quantitative estimate of drug-likeness (QED) is 0.504. The number of hydrogen-bond acceptors (Lipinski definition) is 5. The van der Waals surface area contributed by atoms with Gasteiger partial charge in [0.05, 0.1) is 21.9 Å². The molecule has 11 heteroatoms. The van der Waals surface area contributed by atoms with Gasteiger partial charge in [0.1, 0.15) is 0 Å². The maximum Gasteiger partial charge on any atom is 0.454 e. The molecule has 0 radical (unpaired) electrons. The third kappa shape index (κ3) is 3.23. The van der Waals surface area contributed by atoms with E-state index >= 15 is 0 Å². The normalized spacial score (nSPS) is 20.6. The van der Waals surface area contributed by atoms with Gasteiger partial charge in [-0.2, -0.15) is 26.3 Å². The van der Waals surface area contributed by atoms with Crippen molar-refractivity contribution in [3.8, 4) is 0 Å². The summed E-state index contributed by atoms with van der Waals surface area (Å²) in [6, 6.07) is 12.5. The molecule has 0 aliphatic carbocycles. The van der Waals surface area contributed by atoms with Gasteiger partial charge >= 0.3 is 12.4 Å². The summed E-state index contributed by atoms with van der Waals surface area (Å²) in [5.74, 6) is -3.80. The number of aliphatic hydroxyl groups is 1. The number of allylic oxidation sites excluding steroid dienone is 2. The van der Waals surface area contributed by atoms with Crippen LogP contribution in [0.2, 0.25) is 0 Å². The van der Waals surface area contributed by atoms with Crippen molar-refractivity contribution >= 4 is 29.0 Å². The predicted octanol–water partition coefficient (Wildman–Crippen LogP) is 5.02. The second-order valence-corrected chi connectivity index (χ2v) is 7.90. The first-order valence-corrected chi connectivity index (χ1v) is 9.73. The average molecular weight is 471 g/mol. The van der Waals surface area contributed by atoms with Crippen molar-refractivity contribution in [3.05, 3.63) is 82.4 Å². The molecular weight excluding hydrogens is 460 g/mol. The summed E-state index contributed by atoms with van der Waals surface area (Å²) in [6.45, 7) is 0. The van der Waals surface area contributed by atoms with Crippen molar-refractivity contribution in [2.45, 2.75) is 23.0 Å². The lowest BCUT2D eigenvalue weighted by Crippen LogP contribution is -2.63. The Kier molecular flexibility index (Phi) is 5.01. The molecule has 0 saturated carbocycles. The van der Waals surface area contributed by atoms with Gasteiger partial charge in [-0.05, 0) is 18.2 Å². The van der Waals surface area contributed by atoms with E-state index in [1.165, 1.54) is 42.5 Å². The van der Waals surface area contributed by atoms with Crippen molar-refractivity contribution in [1.29, 1.82) is 0 Å². The molecule has 1 atom stereocenters. The fourth-order valence-electron chi connectivity index (χ4n) is 3.47. The van der Waals surface area contributed by atoms with E-state index in [1.54, 1.807) is 6.07 Å². The van der Waals surface area contributed by atoms with Crippen LogP contribution >= 0.6 is 11.8 Å². The minimum absolute atomic E-state index is 0.0148. The molecule has 4 nitrogen and oxygen atoms in total. The molecule has 0 bridgehead atoms. The molecule has 2 heterocycles. The van der Waals surface area contributed by atoms with Gasteiger partial charge in [-0.3, -0.25) is 14.5 Å². The van der Waals surface area contributed by atoms with E-state index in [2.05, 4.69) is 0 Å². The number of rotatable bonds is 3. The average Bonchev–Trinajstić information content (AvgIpc) is 3.12. The van der Waals surface area contributed by atoms with Gasteiger partial charge in [0.25, 0.3) is 11.5 Å². The minimum Gasteiger partial charge on any atom is -0.359 e. The third-order valence-electron chi connectivity index (χ3n) is 4.91. The summed E-state index contributed by atoms with van der Waals surface area (Å²) in [7, 11) is 0. The van der Waals surface area contributed by atoms with Crippen molar-refractivity contribution in [2.24, 2.45) is 0 Å². The molecule has 32 heavy (non-hydrogen) atoms. The summed E-state index contributed by atoms with van der Waals surface area (Å²) >= 11 is 0.678. The lowest BCUT2D eigenvalue weighted by atomic mass is 9.88. The van der Waals surface area contributed by atoms with Crippen molar-refractivity contribution < 1.29 is 41.0 Å². The van der Waals surface area contributed by atoms with Gasteiger partial charge in [0, 0.05) is 10.5 Å². The summed E-state index contributed by atoms with van der Waals surface area (Å²) in [5.41, 5.74) is -7.21. The van der Waals surface area contributed by atoms with Crippen LogP contribution in [-0.2, 0) is 4.79 Å². The molecule has 4 rings (SSSR count). The fourth-order valence-corrected chi connectivity index (χ4v) is 4.68. The topological polar surface area (TPSA) is 57.6 Å². The van der Waals surface area contributed by atoms with Crippen LogP contribution in [0.15, 0.2) is 81.7 Å². The first kappa shape index (κ1) is 22.2. The van der Waals surface area contributed by atoms with Gasteiger partial charge in [-0.15, -0.1) is 0 Å². The molecule has 0 amide bonds. The number of benzene rings is 2. The number of thioether (sulfide) groups is 1. The summed E-state index contributed by atoms with van der Waals surface area (Å²) < 4.78 is 82.2. The van der Waals surface area contributed by atoms with E-state index < -0.39 is 45.8 Å². The van der Waals surface area contributed by atoms with E-state index in [-0.39, 0.29) is 27.1 Å². The maximum absolute atomic E-state index is 14.1. The Morgan fingerprint density at radius 3 is 2.09 bits per heavy atom. The predicted molar refractivity (Wildman–Crippen MR) is 103 cm³/mol. The highest BCUT2D eigenvalue weighted by Crippen LogP contribution is 2.57. The number of Topliss-reactive ketones (excluding diaryl/α,β-unsaturated/α-hetero) is 2. The number of fused-ring (bicyclic) bond motifs is 3. The standard InChI is InChI=1S/C21H11F6NO3S/c22-20(23,24)17(30)13-10-12(16(29)11-6-2-1-3-7-11)18-28(19(13,31)21(25,26)27)14-8-4-5-9-15(14)32-18/h1-10,31H/t19-/m0/s1. The lowest BCUT2D eigenvalue weighted by Gasteiger charge is -2.43. The zero-order valence-electron chi connectivity index (χ0n) is 15.7. The summed E-state index contributed by atoms with van der Waals surface area (Å²) in [4.78, 5) is 25.5. The maximum atomic E-state index is 14.1. The SMILES string of the molecule is O=C(C1=C2Sc3ccccc3N2[C@@](O)(C(F)(F)F)C(C(=O)C(F)(F)F)=C1)c1ccccc1. The largest absolute Gasteiger partial charge is 0.454 e. The van der Waals surface area contributed by atoms with Crippen LogP contribution in [-0.4, -0.2) is 34.8 Å². The van der Waals surface area contributed by atoms with Crippen LogP contribution in [0.25, 0.3) is 0 Å². The molecular formula is C21H11F6NO3S. The molecule has 2 aromatic rings. The Morgan fingerprint density at radius 1 is 0.906 bits per heavy atom. The number of nitrogens with zero attached hydrogens (tertiary/aromatic N) is 1. The molecule has 0 spiro atoms. The Bertz CT molecular complexity index is 1190. The highest BCUT2D eigenvalue weighted by Gasteiger charge is 2.68. The van der Waals surface area contributed by atoms with Crippen LogP contribution in [0.4, 0.5) is 32.0 Å².